The third kappa shape index (κ3) is 3.05. The normalized spacial score (nSPS) is 29.6. The van der Waals surface area contributed by atoms with Gasteiger partial charge in [-0.25, -0.2) is 4.39 Å². The zero-order valence-corrected chi connectivity index (χ0v) is 15.9. The summed E-state index contributed by atoms with van der Waals surface area (Å²) in [6.07, 6.45) is 7.86. The second-order valence-corrected chi connectivity index (χ2v) is 8.75. The fourth-order valence-corrected chi connectivity index (χ4v) is 5.85. The molecule has 3 aliphatic rings. The van der Waals surface area contributed by atoms with Crippen molar-refractivity contribution in [2.75, 3.05) is 4.90 Å². The molecule has 146 valence electrons. The topological polar surface area (TPSA) is 57.6 Å². The van der Waals surface area contributed by atoms with Gasteiger partial charge >= 0.3 is 5.97 Å². The molecule has 27 heavy (non-hydrogen) atoms. The van der Waals surface area contributed by atoms with Crippen LogP contribution >= 0.6 is 0 Å². The molecule has 0 unspecified atom stereocenters. The van der Waals surface area contributed by atoms with Crippen LogP contribution in [0, 0.1) is 17.7 Å². The monoisotopic (exact) mass is 373 g/mol. The number of hydrogen-bond donors (Lipinski definition) is 1. The highest BCUT2D eigenvalue weighted by molar-refractivity contribution is 6.00. The maximum absolute atomic E-state index is 13.9. The van der Waals surface area contributed by atoms with Gasteiger partial charge in [0.1, 0.15) is 5.82 Å². The molecule has 2 aliphatic carbocycles. The lowest BCUT2D eigenvalue weighted by Gasteiger charge is -2.50. The van der Waals surface area contributed by atoms with E-state index in [1.165, 1.54) is 6.07 Å². The Morgan fingerprint density at radius 3 is 2.44 bits per heavy atom. The first-order chi connectivity index (χ1) is 12.9. The van der Waals surface area contributed by atoms with Crippen LogP contribution in [-0.2, 0) is 9.59 Å². The second kappa shape index (κ2) is 6.92. The van der Waals surface area contributed by atoms with Gasteiger partial charge in [0.15, 0.2) is 0 Å². The van der Waals surface area contributed by atoms with E-state index >= 15 is 0 Å². The third-order valence-corrected chi connectivity index (χ3v) is 7.08. The van der Waals surface area contributed by atoms with Gasteiger partial charge in [0.05, 0.1) is 11.8 Å². The number of nitrogens with zero attached hydrogens (tertiary/aromatic N) is 1. The minimum atomic E-state index is -0.863. The molecule has 1 aliphatic heterocycles. The van der Waals surface area contributed by atoms with Crippen molar-refractivity contribution in [1.82, 2.24) is 0 Å². The Morgan fingerprint density at radius 1 is 1.11 bits per heavy atom. The van der Waals surface area contributed by atoms with Crippen molar-refractivity contribution in [1.29, 1.82) is 0 Å². The van der Waals surface area contributed by atoms with E-state index in [2.05, 4.69) is 6.92 Å². The molecule has 1 aromatic carbocycles. The molecule has 1 aromatic rings. The first-order valence-corrected chi connectivity index (χ1v) is 10.3. The molecule has 4 rings (SSSR count). The molecule has 1 heterocycles. The van der Waals surface area contributed by atoms with Crippen molar-refractivity contribution >= 4 is 17.6 Å². The Labute approximate surface area is 159 Å². The molecular formula is C22H28FNO3. The summed E-state index contributed by atoms with van der Waals surface area (Å²) in [5, 5.41) is 9.67. The Hall–Kier alpha value is -1.91. The van der Waals surface area contributed by atoms with Crippen molar-refractivity contribution in [3.05, 3.63) is 29.6 Å². The number of fused-ring (bicyclic) bond motifs is 1. The number of halogens is 1. The SMILES string of the molecule is C[C@H]1CC2(CCCC2)N(C(=O)[C@@H]2CCCC[C@@H]2C(=O)O)c2ccc(F)cc21. The minimum absolute atomic E-state index is 0.0521. The number of aliphatic carboxylic acids is 1. The summed E-state index contributed by atoms with van der Waals surface area (Å²) in [4.78, 5) is 27.5. The van der Waals surface area contributed by atoms with Crippen LogP contribution in [0.25, 0.3) is 0 Å². The highest BCUT2D eigenvalue weighted by Crippen LogP contribution is 2.52. The van der Waals surface area contributed by atoms with Crippen LogP contribution in [0.2, 0.25) is 0 Å². The molecule has 3 atom stereocenters. The smallest absolute Gasteiger partial charge is 0.307 e. The van der Waals surface area contributed by atoms with Crippen LogP contribution < -0.4 is 4.90 Å². The number of anilines is 1. The number of rotatable bonds is 2. The number of carbonyl (C=O) groups excluding carboxylic acids is 1. The van der Waals surface area contributed by atoms with E-state index in [9.17, 15) is 19.1 Å². The fourth-order valence-electron chi connectivity index (χ4n) is 5.85. The van der Waals surface area contributed by atoms with Crippen molar-refractivity contribution < 1.29 is 19.1 Å². The van der Waals surface area contributed by atoms with Crippen molar-refractivity contribution in [3.63, 3.8) is 0 Å². The second-order valence-electron chi connectivity index (χ2n) is 8.75. The highest BCUT2D eigenvalue weighted by atomic mass is 19.1. The molecule has 0 radical (unpaired) electrons. The third-order valence-electron chi connectivity index (χ3n) is 7.08. The van der Waals surface area contributed by atoms with E-state index < -0.39 is 17.8 Å². The predicted molar refractivity (Wildman–Crippen MR) is 101 cm³/mol. The molecule has 1 spiro atoms. The molecule has 1 amide bonds. The van der Waals surface area contributed by atoms with Gasteiger partial charge in [0.25, 0.3) is 0 Å². The van der Waals surface area contributed by atoms with E-state index in [1.54, 1.807) is 12.1 Å². The molecular weight excluding hydrogens is 345 g/mol. The number of hydrogen-bond acceptors (Lipinski definition) is 2. The highest BCUT2D eigenvalue weighted by Gasteiger charge is 2.50. The summed E-state index contributed by atoms with van der Waals surface area (Å²) in [7, 11) is 0. The molecule has 4 nitrogen and oxygen atoms in total. The summed E-state index contributed by atoms with van der Waals surface area (Å²) < 4.78 is 13.9. The Kier molecular flexibility index (Phi) is 4.73. The number of carboxylic acid groups (broad SMARTS) is 1. The summed E-state index contributed by atoms with van der Waals surface area (Å²) in [6, 6.07) is 4.71. The number of benzene rings is 1. The van der Waals surface area contributed by atoms with Gasteiger partial charge < -0.3 is 10.0 Å². The largest absolute Gasteiger partial charge is 0.481 e. The van der Waals surface area contributed by atoms with Crippen molar-refractivity contribution in [2.45, 2.75) is 76.2 Å². The van der Waals surface area contributed by atoms with Crippen molar-refractivity contribution in [2.24, 2.45) is 11.8 Å². The van der Waals surface area contributed by atoms with E-state index in [0.717, 1.165) is 56.2 Å². The van der Waals surface area contributed by atoms with Crippen molar-refractivity contribution in [3.8, 4) is 0 Å². The minimum Gasteiger partial charge on any atom is -0.481 e. The maximum Gasteiger partial charge on any atom is 0.307 e. The van der Waals surface area contributed by atoms with E-state index in [-0.39, 0.29) is 23.2 Å². The molecule has 5 heteroatoms. The van der Waals surface area contributed by atoms with Crippen LogP contribution in [0.1, 0.15) is 76.2 Å². The van der Waals surface area contributed by atoms with Crippen LogP contribution in [0.4, 0.5) is 10.1 Å². The summed E-state index contributed by atoms with van der Waals surface area (Å²) in [5.41, 5.74) is 1.45. The average Bonchev–Trinajstić information content (AvgIpc) is 3.10. The van der Waals surface area contributed by atoms with Crippen LogP contribution in [-0.4, -0.2) is 22.5 Å². The van der Waals surface area contributed by atoms with Crippen LogP contribution in [0.3, 0.4) is 0 Å². The molecule has 0 bridgehead atoms. The lowest BCUT2D eigenvalue weighted by Crippen LogP contribution is -2.57. The standard InChI is InChI=1S/C22H28FNO3/c1-14-13-22(10-4-5-11-22)24(19-9-8-15(23)12-18(14)19)20(25)16-6-2-3-7-17(16)21(26)27/h8-9,12,14,16-17H,2-7,10-11,13H2,1H3,(H,26,27)/t14-,16+,17-/m0/s1. The first-order valence-electron chi connectivity index (χ1n) is 10.3. The molecule has 0 saturated heterocycles. The summed E-state index contributed by atoms with van der Waals surface area (Å²) in [5.74, 6) is -2.08. The van der Waals surface area contributed by atoms with E-state index in [0.29, 0.717) is 12.8 Å². The zero-order valence-electron chi connectivity index (χ0n) is 15.9. The predicted octanol–water partition coefficient (Wildman–Crippen LogP) is 4.87. The van der Waals surface area contributed by atoms with Gasteiger partial charge in [-0.3, -0.25) is 9.59 Å². The van der Waals surface area contributed by atoms with Gasteiger partial charge in [-0.05, 0) is 61.8 Å². The van der Waals surface area contributed by atoms with Gasteiger partial charge in [-0.1, -0.05) is 32.6 Å². The number of carboxylic acids is 1. The molecule has 2 saturated carbocycles. The van der Waals surface area contributed by atoms with E-state index in [1.807, 2.05) is 4.90 Å². The lowest BCUT2D eigenvalue weighted by molar-refractivity contribution is -0.148. The zero-order chi connectivity index (χ0) is 19.2. The first kappa shape index (κ1) is 18.5. The summed E-state index contributed by atoms with van der Waals surface area (Å²) in [6.45, 7) is 2.11. The number of amides is 1. The van der Waals surface area contributed by atoms with E-state index in [4.69, 9.17) is 0 Å². The number of carbonyl (C=O) groups is 2. The van der Waals surface area contributed by atoms with Gasteiger partial charge in [-0.15, -0.1) is 0 Å². The average molecular weight is 373 g/mol. The molecule has 0 aromatic heterocycles. The Morgan fingerprint density at radius 2 is 1.78 bits per heavy atom. The molecule has 2 fully saturated rings. The van der Waals surface area contributed by atoms with Gasteiger partial charge in [0, 0.05) is 11.2 Å². The summed E-state index contributed by atoms with van der Waals surface area (Å²) >= 11 is 0. The molecule has 1 N–H and O–H groups in total. The Balaban J connectivity index is 1.78. The lowest BCUT2D eigenvalue weighted by atomic mass is 9.73. The maximum atomic E-state index is 13.9. The van der Waals surface area contributed by atoms with Crippen LogP contribution in [0.5, 0.6) is 0 Å². The fraction of sp³-hybridized carbons (Fsp3) is 0.636. The Bertz CT molecular complexity index is 756. The quantitative estimate of drug-likeness (QED) is 0.805. The van der Waals surface area contributed by atoms with Gasteiger partial charge in [-0.2, -0.15) is 0 Å². The van der Waals surface area contributed by atoms with Crippen LogP contribution in [0.15, 0.2) is 18.2 Å². The van der Waals surface area contributed by atoms with Gasteiger partial charge in [0.2, 0.25) is 5.91 Å².